The van der Waals surface area contributed by atoms with E-state index in [9.17, 15) is 13.2 Å². The molecule has 2 N–H and O–H groups in total. The molecule has 7 nitrogen and oxygen atoms in total. The summed E-state index contributed by atoms with van der Waals surface area (Å²) in [4.78, 5) is 22.4. The standard InChI is InChI=1S/C18H19N4O3S2/c1-13-12-26(27(19,24)25)18(21-13)22(2)17(23)11-14-6-8-15(9-7-14)16-5-3-4-10-20-16/h3-10,12H,11H2,1-2H3,(H2,19,24,25)/q+1. The molecular formula is C18H19N4O3S2+. The van der Waals surface area contributed by atoms with E-state index in [1.165, 1.54) is 17.3 Å². The van der Waals surface area contributed by atoms with Gasteiger partial charge in [-0.05, 0) is 24.6 Å². The highest BCUT2D eigenvalue weighted by molar-refractivity contribution is 8.38. The van der Waals surface area contributed by atoms with E-state index in [4.69, 9.17) is 5.14 Å². The average molecular weight is 404 g/mol. The van der Waals surface area contributed by atoms with Gasteiger partial charge >= 0.3 is 14.2 Å². The summed E-state index contributed by atoms with van der Waals surface area (Å²) in [5, 5.41) is 6.90. The van der Waals surface area contributed by atoms with Gasteiger partial charge in [0.1, 0.15) is 0 Å². The summed E-state index contributed by atoms with van der Waals surface area (Å²) in [6.45, 7) is 1.67. The number of nitrogens with zero attached hydrogens (tertiary/aromatic N) is 3. The van der Waals surface area contributed by atoms with Crippen LogP contribution in [0.25, 0.3) is 11.3 Å². The zero-order valence-electron chi connectivity index (χ0n) is 14.9. The number of amides is 1. The van der Waals surface area contributed by atoms with Gasteiger partial charge < -0.3 is 0 Å². The van der Waals surface area contributed by atoms with Crippen molar-refractivity contribution in [3.63, 3.8) is 0 Å². The predicted octanol–water partition coefficient (Wildman–Crippen LogP) is 2.46. The molecule has 1 unspecified atom stereocenters. The molecule has 27 heavy (non-hydrogen) atoms. The molecule has 0 bridgehead atoms. The van der Waals surface area contributed by atoms with E-state index < -0.39 is 18.6 Å². The molecule has 3 rings (SSSR count). The minimum Gasteiger partial charge on any atom is -0.274 e. The lowest BCUT2D eigenvalue weighted by Crippen LogP contribution is -2.28. The van der Waals surface area contributed by atoms with Crippen LogP contribution in [-0.2, 0) is 20.3 Å². The number of thiazole rings is 1. The van der Waals surface area contributed by atoms with Gasteiger partial charge in [0.2, 0.25) is 5.91 Å². The number of aryl methyl sites for hydroxylation is 1. The number of hydrogen-bond acceptors (Lipinski definition) is 5. The Morgan fingerprint density at radius 1 is 1.19 bits per heavy atom. The van der Waals surface area contributed by atoms with Crippen molar-refractivity contribution in [1.82, 2.24) is 9.97 Å². The molecule has 140 valence electrons. The Bertz CT molecular complexity index is 1060. The smallest absolute Gasteiger partial charge is 0.274 e. The topological polar surface area (TPSA) is 106 Å². The quantitative estimate of drug-likeness (QED) is 0.520. The number of rotatable bonds is 5. The zero-order valence-corrected chi connectivity index (χ0v) is 16.5. The lowest BCUT2D eigenvalue weighted by atomic mass is 10.1. The maximum absolute atomic E-state index is 12.6. The number of benzene rings is 1. The number of nitrogens with two attached hydrogens (primary N) is 1. The summed E-state index contributed by atoms with van der Waals surface area (Å²) in [6, 6.07) is 13.2. The number of pyridine rings is 1. The van der Waals surface area contributed by atoms with Gasteiger partial charge in [0.25, 0.3) is 0 Å². The maximum Gasteiger partial charge on any atom is 0.410 e. The summed E-state index contributed by atoms with van der Waals surface area (Å²) in [7, 11) is -3.75. The molecule has 9 heteroatoms. The molecule has 0 aliphatic heterocycles. The first kappa shape index (κ1) is 19.2. The molecule has 1 aromatic carbocycles. The monoisotopic (exact) mass is 403 g/mol. The Kier molecular flexibility index (Phi) is 5.36. The Balaban J connectivity index is 1.78. The van der Waals surface area contributed by atoms with E-state index in [2.05, 4.69) is 9.97 Å². The van der Waals surface area contributed by atoms with Crippen molar-refractivity contribution >= 4 is 29.6 Å². The van der Waals surface area contributed by atoms with Gasteiger partial charge in [0.15, 0.2) is 14.9 Å². The largest absolute Gasteiger partial charge is 0.410 e. The zero-order chi connectivity index (χ0) is 19.6. The SMILES string of the molecule is Cc1c[s+](S(N)(=O)=O)c(N(C)C(=O)Cc2ccc(-c3ccccn3)cc2)n1. The van der Waals surface area contributed by atoms with Crippen molar-refractivity contribution in [3.05, 3.63) is 65.3 Å². The van der Waals surface area contributed by atoms with Crippen LogP contribution in [0.1, 0.15) is 11.3 Å². The van der Waals surface area contributed by atoms with Crippen LogP contribution < -0.4 is 10.0 Å². The van der Waals surface area contributed by atoms with Crippen LogP contribution in [0.2, 0.25) is 0 Å². The number of anilines is 1. The van der Waals surface area contributed by atoms with Crippen LogP contribution in [-0.4, -0.2) is 31.3 Å². The fraction of sp³-hybridized carbons (Fsp3) is 0.167. The number of carbonyl (C=O) groups is 1. The van der Waals surface area contributed by atoms with Gasteiger partial charge in [0.05, 0.1) is 17.8 Å². The molecule has 0 spiro atoms. The lowest BCUT2D eigenvalue weighted by molar-refractivity contribution is -0.117. The predicted molar refractivity (Wildman–Crippen MR) is 107 cm³/mol. The summed E-state index contributed by atoms with van der Waals surface area (Å²) < 4.78 is 23.5. The van der Waals surface area contributed by atoms with E-state index in [1.54, 1.807) is 13.1 Å². The molecule has 0 radical (unpaired) electrons. The van der Waals surface area contributed by atoms with Crippen LogP contribution in [0.4, 0.5) is 5.13 Å². The molecular weight excluding hydrogens is 384 g/mol. The first-order valence-electron chi connectivity index (χ1n) is 8.06. The van der Waals surface area contributed by atoms with Crippen LogP contribution >= 0.6 is 9.50 Å². The fourth-order valence-electron chi connectivity index (χ4n) is 2.54. The molecule has 0 aliphatic carbocycles. The highest BCUT2D eigenvalue weighted by Crippen LogP contribution is 2.35. The number of likely N-dealkylation sites (N-methyl/N-ethyl adjacent to an activating group) is 1. The molecule has 1 amide bonds. The minimum absolute atomic E-state index is 0.124. The summed E-state index contributed by atoms with van der Waals surface area (Å²) >= 11 is 0. The molecule has 0 saturated carbocycles. The minimum atomic E-state index is -3.85. The van der Waals surface area contributed by atoms with Crippen LogP contribution in [0.15, 0.2) is 54.0 Å². The van der Waals surface area contributed by atoms with E-state index in [1.807, 2.05) is 42.5 Å². The summed E-state index contributed by atoms with van der Waals surface area (Å²) in [6.07, 6.45) is 1.85. The van der Waals surface area contributed by atoms with Crippen molar-refractivity contribution < 1.29 is 13.2 Å². The first-order valence-corrected chi connectivity index (χ1v) is 11.4. The van der Waals surface area contributed by atoms with E-state index in [0.29, 0.717) is 5.69 Å². The third-order valence-electron chi connectivity index (χ3n) is 3.91. The molecule has 0 aliphatic rings. The van der Waals surface area contributed by atoms with Crippen LogP contribution in [0.5, 0.6) is 0 Å². The van der Waals surface area contributed by atoms with Gasteiger partial charge in [-0.25, -0.2) is 0 Å². The van der Waals surface area contributed by atoms with Crippen LogP contribution in [0, 0.1) is 6.92 Å². The maximum atomic E-state index is 12.6. The third kappa shape index (κ3) is 4.38. The summed E-state index contributed by atoms with van der Waals surface area (Å²) in [5.74, 6) is -0.261. The number of hydrogen-bond donors (Lipinski definition) is 1. The molecule has 2 aromatic heterocycles. The van der Waals surface area contributed by atoms with Crippen molar-refractivity contribution in [2.45, 2.75) is 13.3 Å². The van der Waals surface area contributed by atoms with Crippen molar-refractivity contribution in [2.75, 3.05) is 11.9 Å². The molecule has 1 atom stereocenters. The van der Waals surface area contributed by atoms with Gasteiger partial charge in [0, 0.05) is 18.8 Å². The van der Waals surface area contributed by atoms with Gasteiger partial charge in [-0.15, -0.1) is 0 Å². The second-order valence-electron chi connectivity index (χ2n) is 5.99. The van der Waals surface area contributed by atoms with E-state index in [-0.39, 0.29) is 17.5 Å². The molecule has 2 heterocycles. The second-order valence-corrected chi connectivity index (χ2v) is 10.6. The Labute approximate surface area is 159 Å². The van der Waals surface area contributed by atoms with E-state index >= 15 is 0 Å². The molecule has 0 saturated heterocycles. The van der Waals surface area contributed by atoms with Gasteiger partial charge in [-0.1, -0.05) is 30.3 Å². The molecule has 3 aromatic rings. The normalized spacial score (nSPS) is 12.0. The van der Waals surface area contributed by atoms with Crippen LogP contribution in [0.3, 0.4) is 0 Å². The van der Waals surface area contributed by atoms with Crippen molar-refractivity contribution in [3.8, 4) is 11.3 Å². The Hall–Kier alpha value is -2.62. The van der Waals surface area contributed by atoms with E-state index in [0.717, 1.165) is 16.8 Å². The van der Waals surface area contributed by atoms with Gasteiger partial charge in [-0.3, -0.25) is 14.7 Å². The number of carbonyl (C=O) groups excluding carboxylic acids is 1. The first-order chi connectivity index (χ1) is 12.8. The lowest BCUT2D eigenvalue weighted by Gasteiger charge is -2.11. The highest BCUT2D eigenvalue weighted by Gasteiger charge is 2.33. The average Bonchev–Trinajstić information content (AvgIpc) is 3.04. The highest BCUT2D eigenvalue weighted by atomic mass is 33.2. The Morgan fingerprint density at radius 3 is 2.48 bits per heavy atom. The molecule has 0 fully saturated rings. The second kappa shape index (κ2) is 7.55. The summed E-state index contributed by atoms with van der Waals surface area (Å²) in [5.41, 5.74) is 3.15. The Morgan fingerprint density at radius 2 is 1.89 bits per heavy atom. The van der Waals surface area contributed by atoms with Crippen molar-refractivity contribution in [1.29, 1.82) is 0 Å². The number of aromatic nitrogens is 2. The fourth-order valence-corrected chi connectivity index (χ4v) is 5.84. The third-order valence-corrected chi connectivity index (χ3v) is 7.93. The van der Waals surface area contributed by atoms with Gasteiger partial charge in [-0.2, -0.15) is 18.5 Å². The van der Waals surface area contributed by atoms with Crippen molar-refractivity contribution in [2.24, 2.45) is 5.14 Å².